The lowest BCUT2D eigenvalue weighted by atomic mass is 9.98. The molecule has 0 aliphatic rings. The number of hydrogen-bond acceptors (Lipinski definition) is 4. The van der Waals surface area contributed by atoms with Gasteiger partial charge in [-0.15, -0.1) is 0 Å². The molecule has 0 bridgehead atoms. The molecule has 0 radical (unpaired) electrons. The molecule has 2 N–H and O–H groups in total. The molecule has 0 aliphatic heterocycles. The van der Waals surface area contributed by atoms with Crippen molar-refractivity contribution in [3.63, 3.8) is 0 Å². The van der Waals surface area contributed by atoms with Crippen LogP contribution in [0.3, 0.4) is 0 Å². The van der Waals surface area contributed by atoms with E-state index in [0.29, 0.717) is 24.9 Å². The van der Waals surface area contributed by atoms with E-state index in [1.54, 1.807) is 0 Å². The Morgan fingerprint density at radius 3 is 1.44 bits per heavy atom. The van der Waals surface area contributed by atoms with Crippen LogP contribution >= 0.6 is 0 Å². The third-order valence-corrected chi connectivity index (χ3v) is 6.59. The maximum atomic E-state index is 12.1. The number of unbranched alkanes of at least 4 members (excludes halogenated alkanes) is 3. The summed E-state index contributed by atoms with van der Waals surface area (Å²) in [6, 6.07) is 15.8. The standard InChI is InChI=1S/C30H44N2O4/c1-5-23(3)25-15-9-11-17-27(25)35-21-29(33)31-19-13-7-8-14-20-32-30(34)22-36-28-18-12-10-16-26(28)24(4)6-2/h9-12,15-18,23-24H,5-8,13-14,19-22H2,1-4H3,(H,31,33)(H,32,34)/t23-,24-/m0/s1. The maximum absolute atomic E-state index is 12.1. The Morgan fingerprint density at radius 2 is 1.06 bits per heavy atom. The first kappa shape index (κ1) is 29.2. The highest BCUT2D eigenvalue weighted by molar-refractivity contribution is 5.77. The molecule has 0 spiro atoms. The lowest BCUT2D eigenvalue weighted by molar-refractivity contribution is -0.123. The fraction of sp³-hybridized carbons (Fsp3) is 0.533. The molecule has 6 nitrogen and oxygen atoms in total. The van der Waals surface area contributed by atoms with Crippen molar-refractivity contribution < 1.29 is 19.1 Å². The van der Waals surface area contributed by atoms with E-state index in [1.807, 2.05) is 36.4 Å². The number of carbonyl (C=O) groups is 2. The smallest absolute Gasteiger partial charge is 0.257 e. The summed E-state index contributed by atoms with van der Waals surface area (Å²) >= 11 is 0. The van der Waals surface area contributed by atoms with Gasteiger partial charge in [-0.25, -0.2) is 0 Å². The van der Waals surface area contributed by atoms with E-state index in [0.717, 1.165) is 61.2 Å². The molecular formula is C30H44N2O4. The van der Waals surface area contributed by atoms with Crippen LogP contribution in [0.5, 0.6) is 11.5 Å². The molecule has 6 heteroatoms. The first-order valence-corrected chi connectivity index (χ1v) is 13.4. The topological polar surface area (TPSA) is 76.7 Å². The fourth-order valence-corrected chi connectivity index (χ4v) is 3.93. The van der Waals surface area contributed by atoms with Gasteiger partial charge in [0.1, 0.15) is 11.5 Å². The van der Waals surface area contributed by atoms with Crippen molar-refractivity contribution in [1.82, 2.24) is 10.6 Å². The lowest BCUT2D eigenvalue weighted by Gasteiger charge is -2.15. The second-order valence-corrected chi connectivity index (χ2v) is 9.39. The van der Waals surface area contributed by atoms with Gasteiger partial charge in [-0.1, -0.05) is 76.9 Å². The van der Waals surface area contributed by atoms with Crippen LogP contribution in [0.25, 0.3) is 0 Å². The van der Waals surface area contributed by atoms with Crippen LogP contribution in [0.2, 0.25) is 0 Å². The average molecular weight is 497 g/mol. The molecule has 0 heterocycles. The van der Waals surface area contributed by atoms with Gasteiger partial charge in [0, 0.05) is 13.1 Å². The van der Waals surface area contributed by atoms with Gasteiger partial charge in [-0.3, -0.25) is 9.59 Å². The molecular weight excluding hydrogens is 452 g/mol. The molecule has 0 saturated carbocycles. The third-order valence-electron chi connectivity index (χ3n) is 6.59. The van der Waals surface area contributed by atoms with Crippen molar-refractivity contribution in [2.45, 2.75) is 78.1 Å². The van der Waals surface area contributed by atoms with E-state index in [9.17, 15) is 9.59 Å². The summed E-state index contributed by atoms with van der Waals surface area (Å²) in [5.74, 6) is 2.16. The van der Waals surface area contributed by atoms with E-state index in [1.165, 1.54) is 0 Å². The molecule has 0 aliphatic carbocycles. The zero-order valence-corrected chi connectivity index (χ0v) is 22.5. The van der Waals surface area contributed by atoms with Crippen LogP contribution in [0.1, 0.15) is 89.2 Å². The number of benzene rings is 2. The third kappa shape index (κ3) is 10.3. The molecule has 2 rings (SSSR count). The van der Waals surface area contributed by atoms with Crippen LogP contribution in [-0.2, 0) is 9.59 Å². The van der Waals surface area contributed by atoms with E-state index < -0.39 is 0 Å². The largest absolute Gasteiger partial charge is 0.483 e. The number of rotatable bonds is 17. The molecule has 198 valence electrons. The Bertz CT molecular complexity index is 855. The maximum Gasteiger partial charge on any atom is 0.257 e. The first-order valence-electron chi connectivity index (χ1n) is 13.4. The van der Waals surface area contributed by atoms with E-state index >= 15 is 0 Å². The summed E-state index contributed by atoms with van der Waals surface area (Å²) in [6.07, 6.45) is 5.84. The van der Waals surface area contributed by atoms with Gasteiger partial charge in [0.15, 0.2) is 13.2 Å². The normalized spacial score (nSPS) is 12.4. The molecule has 0 unspecified atom stereocenters. The fourth-order valence-electron chi connectivity index (χ4n) is 3.93. The van der Waals surface area contributed by atoms with Crippen molar-refractivity contribution in [2.24, 2.45) is 0 Å². The van der Waals surface area contributed by atoms with Crippen LogP contribution in [0, 0.1) is 0 Å². The predicted octanol–water partition coefficient (Wildman–Crippen LogP) is 5.96. The molecule has 0 aromatic heterocycles. The SMILES string of the molecule is CC[C@H](C)c1ccccc1OCC(=O)NCCCCCCNC(=O)COc1ccccc1[C@@H](C)CC. The van der Waals surface area contributed by atoms with Crippen LogP contribution < -0.4 is 20.1 Å². The quantitative estimate of drug-likeness (QED) is 0.265. The molecule has 0 fully saturated rings. The molecule has 2 atom stereocenters. The number of hydrogen-bond donors (Lipinski definition) is 2. The Kier molecular flexibility index (Phi) is 13.5. The first-order chi connectivity index (χ1) is 17.5. The highest BCUT2D eigenvalue weighted by Gasteiger charge is 2.12. The lowest BCUT2D eigenvalue weighted by Crippen LogP contribution is -2.30. The van der Waals surface area contributed by atoms with Crippen molar-refractivity contribution in [2.75, 3.05) is 26.3 Å². The highest BCUT2D eigenvalue weighted by atomic mass is 16.5. The van der Waals surface area contributed by atoms with Crippen LogP contribution in [0.4, 0.5) is 0 Å². The van der Waals surface area contributed by atoms with Gasteiger partial charge in [0.2, 0.25) is 0 Å². The van der Waals surface area contributed by atoms with Gasteiger partial charge < -0.3 is 20.1 Å². The van der Waals surface area contributed by atoms with Gasteiger partial charge >= 0.3 is 0 Å². The minimum Gasteiger partial charge on any atom is -0.483 e. The van der Waals surface area contributed by atoms with Gasteiger partial charge in [-0.05, 0) is 60.8 Å². The number of nitrogens with one attached hydrogen (secondary N) is 2. The minimum absolute atomic E-state index is 0.0311. The molecule has 2 aromatic carbocycles. The van der Waals surface area contributed by atoms with Crippen molar-refractivity contribution in [3.05, 3.63) is 59.7 Å². The van der Waals surface area contributed by atoms with Crippen molar-refractivity contribution in [3.8, 4) is 11.5 Å². The zero-order valence-electron chi connectivity index (χ0n) is 22.5. The Labute approximate surface area is 217 Å². The van der Waals surface area contributed by atoms with Crippen molar-refractivity contribution >= 4 is 11.8 Å². The van der Waals surface area contributed by atoms with E-state index in [-0.39, 0.29) is 25.0 Å². The van der Waals surface area contributed by atoms with Crippen molar-refractivity contribution in [1.29, 1.82) is 0 Å². The second kappa shape index (κ2) is 16.6. The number of para-hydroxylation sites is 2. The molecule has 0 saturated heterocycles. The summed E-state index contributed by atoms with van der Waals surface area (Å²) in [5, 5.41) is 5.85. The van der Waals surface area contributed by atoms with Crippen LogP contribution in [-0.4, -0.2) is 38.1 Å². The number of carbonyl (C=O) groups excluding carboxylic acids is 2. The Balaban J connectivity index is 1.52. The molecule has 36 heavy (non-hydrogen) atoms. The Morgan fingerprint density at radius 1 is 0.667 bits per heavy atom. The minimum atomic E-state index is -0.101. The second-order valence-electron chi connectivity index (χ2n) is 9.39. The van der Waals surface area contributed by atoms with E-state index in [2.05, 4.69) is 50.5 Å². The van der Waals surface area contributed by atoms with E-state index in [4.69, 9.17) is 9.47 Å². The van der Waals surface area contributed by atoms with Gasteiger partial charge in [0.25, 0.3) is 11.8 Å². The summed E-state index contributed by atoms with van der Waals surface area (Å²) in [6.45, 7) is 9.94. The monoisotopic (exact) mass is 496 g/mol. The van der Waals surface area contributed by atoms with Crippen LogP contribution in [0.15, 0.2) is 48.5 Å². The summed E-state index contributed by atoms with van der Waals surface area (Å²) in [4.78, 5) is 24.2. The molecule has 2 amide bonds. The summed E-state index contributed by atoms with van der Waals surface area (Å²) < 4.78 is 11.5. The van der Waals surface area contributed by atoms with Gasteiger partial charge in [-0.2, -0.15) is 0 Å². The number of amides is 2. The Hall–Kier alpha value is -3.02. The highest BCUT2D eigenvalue weighted by Crippen LogP contribution is 2.29. The predicted molar refractivity (Wildman–Crippen MR) is 146 cm³/mol. The number of ether oxygens (including phenoxy) is 2. The average Bonchev–Trinajstić information content (AvgIpc) is 2.91. The van der Waals surface area contributed by atoms with Gasteiger partial charge in [0.05, 0.1) is 0 Å². The summed E-state index contributed by atoms with van der Waals surface area (Å²) in [5.41, 5.74) is 2.28. The molecule has 2 aromatic rings. The summed E-state index contributed by atoms with van der Waals surface area (Å²) in [7, 11) is 0. The zero-order chi connectivity index (χ0) is 26.2.